The van der Waals surface area contributed by atoms with Crippen molar-refractivity contribution in [3.05, 3.63) is 0 Å². The molecule has 4 aliphatic rings. The van der Waals surface area contributed by atoms with Crippen molar-refractivity contribution in [2.24, 2.45) is 29.6 Å². The van der Waals surface area contributed by atoms with Gasteiger partial charge in [0.05, 0.1) is 49.1 Å². The van der Waals surface area contributed by atoms with Gasteiger partial charge >= 0.3 is 13.8 Å². The molecular formula is C35H64NO16P. The molecule has 1 spiro atoms. The zero-order valence-corrected chi connectivity index (χ0v) is 33.7. The molecule has 0 aliphatic carbocycles. The van der Waals surface area contributed by atoms with Crippen molar-refractivity contribution < 1.29 is 77.3 Å². The van der Waals surface area contributed by atoms with Crippen molar-refractivity contribution in [1.82, 2.24) is 4.90 Å². The van der Waals surface area contributed by atoms with Crippen LogP contribution in [-0.4, -0.2) is 154 Å². The van der Waals surface area contributed by atoms with Crippen LogP contribution in [-0.2, 0) is 47.3 Å². The van der Waals surface area contributed by atoms with Gasteiger partial charge in [-0.2, -0.15) is 0 Å². The minimum atomic E-state index is -4.64. The van der Waals surface area contributed by atoms with Crippen molar-refractivity contribution in [1.29, 1.82) is 0 Å². The number of nitrogens with zero attached hydrogens (tertiary/aromatic N) is 1. The van der Waals surface area contributed by atoms with Crippen LogP contribution in [0.5, 0.6) is 0 Å². The second-order valence-electron chi connectivity index (χ2n) is 15.8. The molecule has 4 saturated heterocycles. The molecule has 4 aliphatic heterocycles. The number of ether oxygens (including phenoxy) is 7. The highest BCUT2D eigenvalue weighted by molar-refractivity contribution is 7.45. The number of epoxide rings is 1. The lowest BCUT2D eigenvalue weighted by molar-refractivity contribution is -0.299. The Kier molecular flexibility index (Phi) is 16.5. The lowest BCUT2D eigenvalue weighted by atomic mass is 9.76. The molecule has 4 heterocycles. The Morgan fingerprint density at radius 2 is 1.38 bits per heavy atom. The number of Topliss-reactive ketones (excluding diaryl/α,β-unsaturated/α-hetero) is 1. The van der Waals surface area contributed by atoms with Gasteiger partial charge in [0.15, 0.2) is 24.0 Å². The van der Waals surface area contributed by atoms with Crippen molar-refractivity contribution in [2.45, 2.75) is 154 Å². The van der Waals surface area contributed by atoms with Crippen LogP contribution in [0, 0.1) is 29.6 Å². The second-order valence-corrected chi connectivity index (χ2v) is 16.8. The van der Waals surface area contributed by atoms with Crippen LogP contribution in [0.2, 0.25) is 0 Å². The maximum Gasteiger partial charge on any atom is 0.466 e. The normalized spacial score (nSPS) is 46.3. The number of esters is 1. The van der Waals surface area contributed by atoms with Gasteiger partial charge in [-0.05, 0) is 60.5 Å². The van der Waals surface area contributed by atoms with E-state index in [0.717, 1.165) is 0 Å². The Morgan fingerprint density at radius 3 is 1.91 bits per heavy atom. The molecule has 4 rings (SSSR count). The summed E-state index contributed by atoms with van der Waals surface area (Å²) in [5.74, 6) is -3.74. The number of hydrogen-bond acceptors (Lipinski definition) is 14. The lowest BCUT2D eigenvalue weighted by Crippen LogP contribution is -2.57. The van der Waals surface area contributed by atoms with Gasteiger partial charge in [0.1, 0.15) is 18.3 Å². The second kappa shape index (κ2) is 18.9. The molecular weight excluding hydrogens is 721 g/mol. The molecule has 0 saturated carbocycles. The molecule has 18 unspecified atom stereocenters. The van der Waals surface area contributed by atoms with Gasteiger partial charge < -0.3 is 68.1 Å². The molecule has 53 heavy (non-hydrogen) atoms. The van der Waals surface area contributed by atoms with Crippen LogP contribution in [0.25, 0.3) is 0 Å². The monoisotopic (exact) mass is 785 g/mol. The van der Waals surface area contributed by atoms with Gasteiger partial charge in [0.25, 0.3) is 0 Å². The first-order valence-electron chi connectivity index (χ1n) is 18.4. The van der Waals surface area contributed by atoms with Gasteiger partial charge in [0, 0.05) is 37.3 Å². The molecule has 0 amide bonds. The minimum absolute atomic E-state index is 0.198. The molecule has 0 radical (unpaired) electrons. The Morgan fingerprint density at radius 1 is 0.792 bits per heavy atom. The third-order valence-corrected chi connectivity index (χ3v) is 11.4. The van der Waals surface area contributed by atoms with E-state index in [-0.39, 0.29) is 43.3 Å². The SMILES string of the molecule is COC1CC(OC2C(C)C(=O)OC(C)C(C)C(O)C(C)C(=O)C3(CO3)CC(C)C(OC3OC(C)CC(N(C)C)C3O)C2C)OC(C)C1O.O=P(O)(O)O. The topological polar surface area (TPSA) is 244 Å². The molecule has 0 bridgehead atoms. The van der Waals surface area contributed by atoms with Crippen molar-refractivity contribution >= 4 is 19.6 Å². The van der Waals surface area contributed by atoms with Gasteiger partial charge in [-0.3, -0.25) is 9.59 Å². The number of methoxy groups -OCH3 is 1. The largest absolute Gasteiger partial charge is 0.466 e. The highest BCUT2D eigenvalue weighted by atomic mass is 31.2. The number of aliphatic hydroxyl groups is 3. The predicted molar refractivity (Wildman–Crippen MR) is 188 cm³/mol. The average Bonchev–Trinajstić information content (AvgIpc) is 3.85. The Bertz CT molecular complexity index is 1240. The highest BCUT2D eigenvalue weighted by Gasteiger charge is 2.57. The fourth-order valence-corrected chi connectivity index (χ4v) is 7.89. The summed E-state index contributed by atoms with van der Waals surface area (Å²) in [5, 5.41) is 33.3. The predicted octanol–water partition coefficient (Wildman–Crippen LogP) is 0.980. The summed E-state index contributed by atoms with van der Waals surface area (Å²) in [6.07, 6.45) is -7.15. The summed E-state index contributed by atoms with van der Waals surface area (Å²) < 4.78 is 51.9. The van der Waals surface area contributed by atoms with Crippen LogP contribution in [0.3, 0.4) is 0 Å². The first kappa shape index (κ1) is 46.2. The Balaban J connectivity index is 0.00000141. The van der Waals surface area contributed by atoms with Crippen LogP contribution in [0.15, 0.2) is 0 Å². The maximum absolute atomic E-state index is 13.9. The fourth-order valence-electron chi connectivity index (χ4n) is 7.89. The van der Waals surface area contributed by atoms with E-state index in [0.29, 0.717) is 6.42 Å². The number of carbonyl (C=O) groups is 2. The Labute approximate surface area is 312 Å². The summed E-state index contributed by atoms with van der Waals surface area (Å²) in [6, 6.07) is -0.219. The van der Waals surface area contributed by atoms with E-state index in [4.69, 9.17) is 52.4 Å². The number of hydrogen-bond donors (Lipinski definition) is 6. The number of rotatable bonds is 6. The van der Waals surface area contributed by atoms with Gasteiger partial charge in [-0.1, -0.05) is 27.7 Å². The number of ketones is 1. The minimum Gasteiger partial charge on any atom is -0.462 e. The molecule has 4 fully saturated rings. The maximum atomic E-state index is 13.9. The number of carbonyl (C=O) groups excluding carboxylic acids is 2. The molecule has 0 aromatic rings. The van der Waals surface area contributed by atoms with Gasteiger partial charge in [-0.25, -0.2) is 4.57 Å². The third kappa shape index (κ3) is 11.9. The Hall–Kier alpha value is -1.15. The van der Waals surface area contributed by atoms with Gasteiger partial charge in [-0.15, -0.1) is 0 Å². The lowest BCUT2D eigenvalue weighted by Gasteiger charge is -2.46. The van der Waals surface area contributed by atoms with Gasteiger partial charge in [0.2, 0.25) is 0 Å². The summed E-state index contributed by atoms with van der Waals surface area (Å²) in [6.45, 7) is 14.6. The number of aliphatic hydroxyl groups excluding tert-OH is 3. The van der Waals surface area contributed by atoms with E-state index in [1.165, 1.54) is 7.11 Å². The van der Waals surface area contributed by atoms with Crippen molar-refractivity contribution in [3.63, 3.8) is 0 Å². The molecule has 0 aromatic carbocycles. The van der Waals surface area contributed by atoms with Crippen molar-refractivity contribution in [2.75, 3.05) is 27.8 Å². The van der Waals surface area contributed by atoms with Crippen LogP contribution in [0.4, 0.5) is 0 Å². The van der Waals surface area contributed by atoms with E-state index in [9.17, 15) is 24.9 Å². The molecule has 17 nitrogen and oxygen atoms in total. The summed E-state index contributed by atoms with van der Waals surface area (Å²) in [7, 11) is 0.685. The number of cyclic esters (lactones) is 1. The van der Waals surface area contributed by atoms with E-state index < -0.39 is 104 Å². The molecule has 18 atom stereocenters. The van der Waals surface area contributed by atoms with E-state index in [1.54, 1.807) is 34.6 Å². The zero-order chi connectivity index (χ0) is 40.3. The number of phosphoric acid groups is 1. The standard InChI is InChI=1S/C35H61NO12.H3O4P/c1-16-14-35(15-43-35)32(40)19(4)27(37)18(3)22(7)46-33(41)21(6)31(47-26-13-25(42-11)28(38)23(8)45-26)20(5)30(16)48-34-29(39)24(36(9)10)12-17(2)44-34;1-5(2,3)4/h16-31,34,37-39H,12-15H2,1-11H3;(H3,1,2,3,4). The summed E-state index contributed by atoms with van der Waals surface area (Å²) in [4.78, 5) is 51.2. The average molecular weight is 786 g/mol. The van der Waals surface area contributed by atoms with E-state index in [1.807, 2.05) is 39.8 Å². The first-order chi connectivity index (χ1) is 24.4. The quantitative estimate of drug-likeness (QED) is 0.125. The van der Waals surface area contributed by atoms with Crippen LogP contribution >= 0.6 is 7.82 Å². The van der Waals surface area contributed by atoms with Crippen molar-refractivity contribution in [3.8, 4) is 0 Å². The third-order valence-electron chi connectivity index (χ3n) is 11.4. The summed E-state index contributed by atoms with van der Waals surface area (Å²) >= 11 is 0. The van der Waals surface area contributed by atoms with E-state index >= 15 is 0 Å². The zero-order valence-electron chi connectivity index (χ0n) is 32.8. The van der Waals surface area contributed by atoms with Crippen LogP contribution < -0.4 is 0 Å². The fraction of sp³-hybridized carbons (Fsp3) is 0.943. The summed E-state index contributed by atoms with van der Waals surface area (Å²) in [5.41, 5.74) is -1.10. The molecule has 18 heteroatoms. The molecule has 310 valence electrons. The smallest absolute Gasteiger partial charge is 0.462 e. The first-order valence-corrected chi connectivity index (χ1v) is 20.0. The molecule has 6 N–H and O–H groups in total. The van der Waals surface area contributed by atoms with E-state index in [2.05, 4.69) is 0 Å². The number of likely N-dealkylation sites (N-methyl/N-ethyl adjacent to an activating group) is 1. The highest BCUT2D eigenvalue weighted by Crippen LogP contribution is 2.43. The molecule has 0 aromatic heterocycles. The van der Waals surface area contributed by atoms with Crippen LogP contribution in [0.1, 0.15) is 74.7 Å².